The summed E-state index contributed by atoms with van der Waals surface area (Å²) in [6.45, 7) is 5.58. The van der Waals surface area contributed by atoms with E-state index in [4.69, 9.17) is 0 Å². The van der Waals surface area contributed by atoms with Crippen LogP contribution in [0.2, 0.25) is 0 Å². The lowest BCUT2D eigenvalue weighted by atomic mass is 10.1. The maximum Gasteiger partial charge on any atom is 0.167 e. The molecule has 1 nitrogen and oxygen atoms in total. The molecule has 12 heavy (non-hydrogen) atoms. The Bertz CT molecular complexity index is 314. The summed E-state index contributed by atoms with van der Waals surface area (Å²) in [5, 5.41) is 1.90. The van der Waals surface area contributed by atoms with Crippen molar-refractivity contribution in [2.75, 3.05) is 0 Å². The van der Waals surface area contributed by atoms with Gasteiger partial charge in [-0.15, -0.1) is 11.3 Å². The van der Waals surface area contributed by atoms with Crippen LogP contribution in [0.4, 0.5) is 0 Å². The highest BCUT2D eigenvalue weighted by molar-refractivity contribution is 14.1. The third kappa shape index (κ3) is 2.71. The van der Waals surface area contributed by atoms with E-state index in [2.05, 4.69) is 29.2 Å². The smallest absolute Gasteiger partial charge is 0.167 e. The summed E-state index contributed by atoms with van der Waals surface area (Å²) in [5.41, 5.74) is 1.73. The Kier molecular flexibility index (Phi) is 3.46. The van der Waals surface area contributed by atoms with Gasteiger partial charge in [-0.1, -0.05) is 12.2 Å². The van der Waals surface area contributed by atoms with Crippen LogP contribution in [0.15, 0.2) is 23.6 Å². The zero-order chi connectivity index (χ0) is 9.14. The van der Waals surface area contributed by atoms with E-state index >= 15 is 0 Å². The molecule has 0 aliphatic heterocycles. The topological polar surface area (TPSA) is 17.1 Å². The van der Waals surface area contributed by atoms with Gasteiger partial charge in [0.05, 0.1) is 2.88 Å². The molecule has 0 bridgehead atoms. The zero-order valence-corrected chi connectivity index (χ0v) is 9.74. The van der Waals surface area contributed by atoms with Crippen molar-refractivity contribution < 1.29 is 4.79 Å². The maximum atomic E-state index is 11.4. The van der Waals surface area contributed by atoms with E-state index in [0.29, 0.717) is 6.42 Å². The highest BCUT2D eigenvalue weighted by atomic mass is 127. The van der Waals surface area contributed by atoms with E-state index < -0.39 is 0 Å². The summed E-state index contributed by atoms with van der Waals surface area (Å²) in [5.74, 6) is 0.168. The van der Waals surface area contributed by atoms with Crippen molar-refractivity contribution in [2.45, 2.75) is 13.3 Å². The fourth-order valence-corrected chi connectivity index (χ4v) is 2.18. The second-order valence-electron chi connectivity index (χ2n) is 2.70. The fourth-order valence-electron chi connectivity index (χ4n) is 0.832. The predicted octanol–water partition coefficient (Wildman–Crippen LogP) is 3.50. The third-order valence-electron chi connectivity index (χ3n) is 1.35. The molecule has 0 saturated heterocycles. The molecule has 0 N–H and O–H groups in total. The number of carbonyl (C=O) groups is 1. The van der Waals surface area contributed by atoms with Crippen molar-refractivity contribution in [1.82, 2.24) is 0 Å². The van der Waals surface area contributed by atoms with Crippen LogP contribution in [0.3, 0.4) is 0 Å². The lowest BCUT2D eigenvalue weighted by molar-refractivity contribution is 0.0993. The van der Waals surface area contributed by atoms with Gasteiger partial charge in [-0.25, -0.2) is 0 Å². The van der Waals surface area contributed by atoms with Crippen molar-refractivity contribution in [3.63, 3.8) is 0 Å². The minimum Gasteiger partial charge on any atom is -0.294 e. The molecule has 1 rings (SSSR count). The van der Waals surface area contributed by atoms with Crippen LogP contribution in [0.25, 0.3) is 0 Å². The van der Waals surface area contributed by atoms with Gasteiger partial charge in [0.25, 0.3) is 0 Å². The first-order valence-electron chi connectivity index (χ1n) is 3.51. The number of carbonyl (C=O) groups excluding carboxylic acids is 1. The van der Waals surface area contributed by atoms with Gasteiger partial charge in [0.1, 0.15) is 0 Å². The Labute approximate surface area is 89.6 Å². The van der Waals surface area contributed by atoms with Crippen molar-refractivity contribution in [3.8, 4) is 0 Å². The number of hydrogen-bond donors (Lipinski definition) is 0. The number of Topliss-reactive ketones (excluding diaryl/α,β-unsaturated/α-hetero) is 1. The monoisotopic (exact) mass is 292 g/mol. The minimum absolute atomic E-state index is 0.168. The van der Waals surface area contributed by atoms with E-state index in [9.17, 15) is 4.79 Å². The van der Waals surface area contributed by atoms with Gasteiger partial charge in [0.2, 0.25) is 0 Å². The minimum atomic E-state index is 0.168. The summed E-state index contributed by atoms with van der Waals surface area (Å²) in [6, 6.07) is 1.91. The Morgan fingerprint density at radius 3 is 2.83 bits per heavy atom. The van der Waals surface area contributed by atoms with Gasteiger partial charge in [-0.2, -0.15) is 0 Å². The van der Waals surface area contributed by atoms with E-state index in [1.165, 1.54) is 0 Å². The molecule has 0 aliphatic rings. The van der Waals surface area contributed by atoms with Crippen LogP contribution < -0.4 is 0 Å². The van der Waals surface area contributed by atoms with Gasteiger partial charge in [-0.3, -0.25) is 4.79 Å². The first kappa shape index (κ1) is 9.92. The van der Waals surface area contributed by atoms with Crippen molar-refractivity contribution >= 4 is 39.7 Å². The molecule has 0 aromatic carbocycles. The highest BCUT2D eigenvalue weighted by Crippen LogP contribution is 2.18. The van der Waals surface area contributed by atoms with Gasteiger partial charge in [0, 0.05) is 17.4 Å². The molecule has 0 aliphatic carbocycles. The lowest BCUT2D eigenvalue weighted by Crippen LogP contribution is -1.96. The first-order valence-corrected chi connectivity index (χ1v) is 5.47. The third-order valence-corrected chi connectivity index (χ3v) is 3.14. The van der Waals surface area contributed by atoms with E-state index in [-0.39, 0.29) is 5.78 Å². The van der Waals surface area contributed by atoms with Crippen molar-refractivity contribution in [1.29, 1.82) is 0 Å². The second kappa shape index (κ2) is 4.18. The maximum absolute atomic E-state index is 11.4. The quantitative estimate of drug-likeness (QED) is 0.473. The van der Waals surface area contributed by atoms with Crippen LogP contribution in [-0.2, 0) is 0 Å². The Balaban J connectivity index is 2.72. The van der Waals surface area contributed by atoms with Crippen LogP contribution in [0.1, 0.15) is 23.7 Å². The average molecular weight is 292 g/mol. The van der Waals surface area contributed by atoms with E-state index in [0.717, 1.165) is 14.0 Å². The van der Waals surface area contributed by atoms with Crippen LogP contribution >= 0.6 is 33.9 Å². The number of halogens is 1. The fraction of sp³-hybridized carbons (Fsp3) is 0.222. The molecule has 0 amide bonds. The molecule has 3 heteroatoms. The summed E-state index contributed by atoms with van der Waals surface area (Å²) in [6.07, 6.45) is 0.465. The summed E-state index contributed by atoms with van der Waals surface area (Å²) in [7, 11) is 0. The van der Waals surface area contributed by atoms with E-state index in [1.54, 1.807) is 11.3 Å². The van der Waals surface area contributed by atoms with Crippen LogP contribution in [0.5, 0.6) is 0 Å². The Hall–Kier alpha value is -0.160. The first-order chi connectivity index (χ1) is 5.59. The molecular formula is C9H9IOS. The molecule has 0 atom stereocenters. The molecule has 1 heterocycles. The SMILES string of the molecule is C=C(C)CC(=O)c1csc(I)c1. The van der Waals surface area contributed by atoms with Gasteiger partial charge in [0.15, 0.2) is 5.78 Å². The zero-order valence-electron chi connectivity index (χ0n) is 6.76. The Morgan fingerprint density at radius 1 is 1.75 bits per heavy atom. The summed E-state index contributed by atoms with van der Waals surface area (Å²) in [4.78, 5) is 11.4. The summed E-state index contributed by atoms with van der Waals surface area (Å²) < 4.78 is 1.15. The number of ketones is 1. The van der Waals surface area contributed by atoms with Gasteiger partial charge < -0.3 is 0 Å². The summed E-state index contributed by atoms with van der Waals surface area (Å²) >= 11 is 3.81. The number of thiophene rings is 1. The molecule has 0 saturated carbocycles. The molecule has 0 fully saturated rings. The van der Waals surface area contributed by atoms with Crippen molar-refractivity contribution in [2.24, 2.45) is 0 Å². The normalized spacial score (nSPS) is 9.83. The molecule has 0 radical (unpaired) electrons. The van der Waals surface area contributed by atoms with E-state index in [1.807, 2.05) is 18.4 Å². The van der Waals surface area contributed by atoms with Crippen LogP contribution in [-0.4, -0.2) is 5.78 Å². The standard InChI is InChI=1S/C9H9IOS/c1-6(2)3-8(11)7-4-9(10)12-5-7/h4-5H,1,3H2,2H3. The Morgan fingerprint density at radius 2 is 2.42 bits per heavy atom. The van der Waals surface area contributed by atoms with Gasteiger partial charge >= 0.3 is 0 Å². The lowest BCUT2D eigenvalue weighted by Gasteiger charge is -1.94. The second-order valence-corrected chi connectivity index (χ2v) is 5.50. The molecule has 0 unspecified atom stereocenters. The van der Waals surface area contributed by atoms with Crippen LogP contribution in [0, 0.1) is 2.88 Å². The average Bonchev–Trinajstić information content (AvgIpc) is 2.34. The van der Waals surface area contributed by atoms with Crippen molar-refractivity contribution in [3.05, 3.63) is 32.0 Å². The molecule has 1 aromatic rings. The molecule has 1 aromatic heterocycles. The molecule has 64 valence electrons. The number of allylic oxidation sites excluding steroid dienone is 1. The molecule has 0 spiro atoms. The largest absolute Gasteiger partial charge is 0.294 e. The van der Waals surface area contributed by atoms with Gasteiger partial charge in [-0.05, 0) is 35.6 Å². The predicted molar refractivity (Wildman–Crippen MR) is 60.8 cm³/mol. The number of hydrogen-bond acceptors (Lipinski definition) is 2. The highest BCUT2D eigenvalue weighted by Gasteiger charge is 2.07. The molecular weight excluding hydrogens is 283 g/mol. The number of rotatable bonds is 3.